The van der Waals surface area contributed by atoms with Gasteiger partial charge in [-0.2, -0.15) is 0 Å². The second kappa shape index (κ2) is 5.07. The van der Waals surface area contributed by atoms with E-state index in [9.17, 15) is 14.0 Å². The van der Waals surface area contributed by atoms with Crippen molar-refractivity contribution < 1.29 is 14.0 Å². The molecule has 1 aliphatic rings. The molecule has 0 radical (unpaired) electrons. The molecule has 0 atom stereocenters. The number of benzene rings is 2. The Kier molecular flexibility index (Phi) is 3.37. The van der Waals surface area contributed by atoms with Crippen molar-refractivity contribution in [3.63, 3.8) is 0 Å². The highest BCUT2D eigenvalue weighted by Crippen LogP contribution is 2.37. The highest BCUT2D eigenvalue weighted by Gasteiger charge is 2.37. The maximum atomic E-state index is 13.2. The lowest BCUT2D eigenvalue weighted by molar-refractivity contribution is -0.114. The van der Waals surface area contributed by atoms with Crippen LogP contribution in [0.1, 0.15) is 21.5 Å². The number of anilines is 1. The lowest BCUT2D eigenvalue weighted by atomic mass is 10.1. The number of halogens is 2. The van der Waals surface area contributed by atoms with E-state index in [4.69, 9.17) is 0 Å². The van der Waals surface area contributed by atoms with Crippen LogP contribution in [0.4, 0.5) is 10.1 Å². The number of amides is 1. The average Bonchev–Trinajstić information content (AvgIpc) is 2.68. The topological polar surface area (TPSA) is 37.4 Å². The van der Waals surface area contributed by atoms with Crippen molar-refractivity contribution in [2.75, 3.05) is 4.90 Å². The third kappa shape index (κ3) is 2.27. The molecule has 0 spiro atoms. The lowest BCUT2D eigenvalue weighted by Gasteiger charge is -2.19. The summed E-state index contributed by atoms with van der Waals surface area (Å²) in [4.78, 5) is 25.6. The first kappa shape index (κ1) is 13.9. The number of rotatable bonds is 2. The van der Waals surface area contributed by atoms with Crippen molar-refractivity contribution >= 4 is 33.3 Å². The van der Waals surface area contributed by atoms with Gasteiger partial charge in [-0.3, -0.25) is 14.5 Å². The standard InChI is InChI=1S/C16H11BrFNO2/c1-9-7-11(18)6-5-10(9)8-19-14-12(15(20)16(19)21)3-2-4-13(14)17/h2-7H,8H2,1H3. The number of hydrogen-bond donors (Lipinski definition) is 0. The van der Waals surface area contributed by atoms with Gasteiger partial charge < -0.3 is 0 Å². The number of aryl methyl sites for hydroxylation is 1. The molecule has 0 fully saturated rings. The van der Waals surface area contributed by atoms with Crippen molar-refractivity contribution in [1.29, 1.82) is 0 Å². The van der Waals surface area contributed by atoms with Gasteiger partial charge in [0, 0.05) is 4.47 Å². The SMILES string of the molecule is Cc1cc(F)ccc1CN1C(=O)C(=O)c2cccc(Br)c21. The van der Waals surface area contributed by atoms with E-state index in [0.717, 1.165) is 11.1 Å². The Morgan fingerprint density at radius 3 is 2.67 bits per heavy atom. The molecule has 0 N–H and O–H groups in total. The monoisotopic (exact) mass is 347 g/mol. The Balaban J connectivity index is 2.04. The minimum atomic E-state index is -0.555. The number of carbonyl (C=O) groups is 2. The molecule has 0 saturated carbocycles. The van der Waals surface area contributed by atoms with Crippen LogP contribution in [0.2, 0.25) is 0 Å². The maximum Gasteiger partial charge on any atom is 0.299 e. The third-order valence-electron chi connectivity index (χ3n) is 3.57. The summed E-state index contributed by atoms with van der Waals surface area (Å²) in [6, 6.07) is 9.55. The molecule has 0 bridgehead atoms. The molecule has 2 aromatic carbocycles. The summed E-state index contributed by atoms with van der Waals surface area (Å²) in [5.74, 6) is -1.38. The van der Waals surface area contributed by atoms with Gasteiger partial charge in [-0.05, 0) is 58.2 Å². The van der Waals surface area contributed by atoms with Gasteiger partial charge in [0.15, 0.2) is 0 Å². The quantitative estimate of drug-likeness (QED) is 0.778. The molecule has 1 aliphatic heterocycles. The smallest absolute Gasteiger partial charge is 0.299 e. The molecule has 0 aromatic heterocycles. The van der Waals surface area contributed by atoms with Gasteiger partial charge in [-0.1, -0.05) is 12.1 Å². The predicted molar refractivity (Wildman–Crippen MR) is 80.8 cm³/mol. The van der Waals surface area contributed by atoms with Crippen molar-refractivity contribution in [3.8, 4) is 0 Å². The van der Waals surface area contributed by atoms with E-state index in [1.165, 1.54) is 17.0 Å². The highest BCUT2D eigenvalue weighted by atomic mass is 79.9. The van der Waals surface area contributed by atoms with Crippen molar-refractivity contribution in [1.82, 2.24) is 0 Å². The van der Waals surface area contributed by atoms with E-state index in [1.807, 2.05) is 0 Å². The Hall–Kier alpha value is -2.01. The summed E-state index contributed by atoms with van der Waals surface area (Å²) >= 11 is 3.38. The molecule has 3 nitrogen and oxygen atoms in total. The second-order valence-electron chi connectivity index (χ2n) is 4.93. The first-order chi connectivity index (χ1) is 9.99. The van der Waals surface area contributed by atoms with Gasteiger partial charge in [0.25, 0.3) is 11.7 Å². The Morgan fingerprint density at radius 2 is 1.95 bits per heavy atom. The number of Topliss-reactive ketones (excluding diaryl/α,β-unsaturated/α-hetero) is 1. The van der Waals surface area contributed by atoms with Crippen LogP contribution in [0, 0.1) is 12.7 Å². The van der Waals surface area contributed by atoms with Crippen LogP contribution in [0.25, 0.3) is 0 Å². The Morgan fingerprint density at radius 1 is 1.19 bits per heavy atom. The van der Waals surface area contributed by atoms with E-state index in [2.05, 4.69) is 15.9 Å². The van der Waals surface area contributed by atoms with Gasteiger partial charge >= 0.3 is 0 Å². The minimum Gasteiger partial charge on any atom is -0.299 e. The summed E-state index contributed by atoms with van der Waals surface area (Å²) in [6.45, 7) is 2.02. The van der Waals surface area contributed by atoms with Crippen molar-refractivity contribution in [2.24, 2.45) is 0 Å². The number of nitrogens with zero attached hydrogens (tertiary/aromatic N) is 1. The van der Waals surface area contributed by atoms with Crippen LogP contribution >= 0.6 is 15.9 Å². The van der Waals surface area contributed by atoms with E-state index in [-0.39, 0.29) is 12.4 Å². The molecule has 1 heterocycles. The summed E-state index contributed by atoms with van der Waals surface area (Å²) in [6.07, 6.45) is 0. The number of ketones is 1. The van der Waals surface area contributed by atoms with E-state index in [1.54, 1.807) is 31.2 Å². The van der Waals surface area contributed by atoms with Gasteiger partial charge in [-0.25, -0.2) is 4.39 Å². The average molecular weight is 348 g/mol. The zero-order valence-electron chi connectivity index (χ0n) is 11.2. The van der Waals surface area contributed by atoms with Crippen LogP contribution in [0.3, 0.4) is 0 Å². The van der Waals surface area contributed by atoms with E-state index >= 15 is 0 Å². The van der Waals surface area contributed by atoms with Gasteiger partial charge in [-0.15, -0.1) is 0 Å². The largest absolute Gasteiger partial charge is 0.299 e. The molecule has 3 rings (SSSR count). The van der Waals surface area contributed by atoms with Crippen molar-refractivity contribution in [3.05, 3.63) is 63.4 Å². The summed E-state index contributed by atoms with van der Waals surface area (Å²) in [5.41, 5.74) is 2.53. The fourth-order valence-electron chi connectivity index (χ4n) is 2.47. The first-order valence-corrected chi connectivity index (χ1v) is 7.18. The molecule has 106 valence electrons. The summed E-state index contributed by atoms with van der Waals surface area (Å²) in [5, 5.41) is 0. The molecule has 2 aromatic rings. The predicted octanol–water partition coefficient (Wildman–Crippen LogP) is 3.63. The molecular weight excluding hydrogens is 337 g/mol. The maximum absolute atomic E-state index is 13.2. The number of hydrogen-bond acceptors (Lipinski definition) is 2. The molecule has 5 heteroatoms. The molecule has 21 heavy (non-hydrogen) atoms. The van der Waals surface area contributed by atoms with Crippen LogP contribution in [0.5, 0.6) is 0 Å². The molecular formula is C16H11BrFNO2. The van der Waals surface area contributed by atoms with Crippen LogP contribution in [-0.4, -0.2) is 11.7 Å². The molecule has 0 unspecified atom stereocenters. The first-order valence-electron chi connectivity index (χ1n) is 6.39. The van der Waals surface area contributed by atoms with E-state index in [0.29, 0.717) is 15.7 Å². The fourth-order valence-corrected chi connectivity index (χ4v) is 3.05. The summed E-state index contributed by atoms with van der Waals surface area (Å²) in [7, 11) is 0. The zero-order valence-corrected chi connectivity index (χ0v) is 12.8. The van der Waals surface area contributed by atoms with Gasteiger partial charge in [0.1, 0.15) is 5.82 Å². The van der Waals surface area contributed by atoms with Gasteiger partial charge in [0.2, 0.25) is 0 Å². The molecule has 0 saturated heterocycles. The molecule has 0 aliphatic carbocycles. The Labute approximate surface area is 129 Å². The van der Waals surface area contributed by atoms with Crippen LogP contribution in [-0.2, 0) is 11.3 Å². The number of carbonyl (C=O) groups excluding carboxylic acids is 2. The van der Waals surface area contributed by atoms with E-state index < -0.39 is 11.7 Å². The fraction of sp³-hybridized carbons (Fsp3) is 0.125. The van der Waals surface area contributed by atoms with Gasteiger partial charge in [0.05, 0.1) is 17.8 Å². The van der Waals surface area contributed by atoms with Crippen molar-refractivity contribution in [2.45, 2.75) is 13.5 Å². The Bertz CT molecular complexity index is 773. The van der Waals surface area contributed by atoms with Crippen LogP contribution in [0.15, 0.2) is 40.9 Å². The normalized spacial score (nSPS) is 13.8. The van der Waals surface area contributed by atoms with Crippen LogP contribution < -0.4 is 4.90 Å². The minimum absolute atomic E-state index is 0.242. The zero-order chi connectivity index (χ0) is 15.1. The summed E-state index contributed by atoms with van der Waals surface area (Å²) < 4.78 is 13.9. The number of fused-ring (bicyclic) bond motifs is 1. The second-order valence-corrected chi connectivity index (χ2v) is 5.78. The molecule has 1 amide bonds. The number of para-hydroxylation sites is 1. The highest BCUT2D eigenvalue weighted by molar-refractivity contribution is 9.10. The lowest BCUT2D eigenvalue weighted by Crippen LogP contribution is -2.29. The third-order valence-corrected chi connectivity index (χ3v) is 4.21.